The van der Waals surface area contributed by atoms with Gasteiger partial charge in [0.2, 0.25) is 0 Å². The summed E-state index contributed by atoms with van der Waals surface area (Å²) in [7, 11) is 0. The molecule has 4 nitrogen and oxygen atoms in total. The molecule has 0 spiro atoms. The third-order valence-corrected chi connectivity index (χ3v) is 0.824. The van der Waals surface area contributed by atoms with Crippen LogP contribution in [0.4, 0.5) is 13.2 Å². The Labute approximate surface area is 53.8 Å². The Morgan fingerprint density at radius 3 is 2.00 bits per heavy atom. The minimum absolute atomic E-state index is 1.08. The Hall–Kier alpha value is -1.01. The van der Waals surface area contributed by atoms with Crippen LogP contribution in [0.5, 0.6) is 0 Å². The highest BCUT2D eigenvalue weighted by Gasteiger charge is 2.33. The molecule has 1 rings (SSSR count). The second-order valence-electron chi connectivity index (χ2n) is 1.71. The van der Waals surface area contributed by atoms with Crippen molar-refractivity contribution < 1.29 is 13.2 Å². The zero-order valence-electron chi connectivity index (χ0n) is 4.71. The fourth-order valence-electron chi connectivity index (χ4n) is 0.477. The summed E-state index contributed by atoms with van der Waals surface area (Å²) in [6, 6.07) is 0. The number of halogens is 3. The van der Waals surface area contributed by atoms with Gasteiger partial charge in [-0.15, -0.1) is 10.2 Å². The van der Waals surface area contributed by atoms with Gasteiger partial charge in [0.15, 0.2) is 6.17 Å². The second kappa shape index (κ2) is 2.31. The third kappa shape index (κ3) is 2.08. The van der Waals surface area contributed by atoms with Crippen molar-refractivity contribution in [3.05, 3.63) is 0 Å². The lowest BCUT2D eigenvalue weighted by Crippen LogP contribution is -2.14. The summed E-state index contributed by atoms with van der Waals surface area (Å²) in [5.74, 6) is 0. The fourth-order valence-corrected chi connectivity index (χ4v) is 0.477. The van der Waals surface area contributed by atoms with Crippen LogP contribution in [-0.2, 0) is 0 Å². The van der Waals surface area contributed by atoms with Crippen molar-refractivity contribution in [1.82, 2.24) is 0 Å². The Morgan fingerprint density at radius 2 is 1.60 bits per heavy atom. The van der Waals surface area contributed by atoms with E-state index in [1.54, 1.807) is 0 Å². The van der Waals surface area contributed by atoms with Crippen LogP contribution in [0.1, 0.15) is 6.42 Å². The molecule has 0 aromatic carbocycles. The summed E-state index contributed by atoms with van der Waals surface area (Å²) >= 11 is 0. The number of hydrogen-bond acceptors (Lipinski definition) is 4. The van der Waals surface area contributed by atoms with Gasteiger partial charge in [0.1, 0.15) is 0 Å². The largest absolute Gasteiger partial charge is 0.393 e. The lowest BCUT2D eigenvalue weighted by atomic mass is 10.3. The monoisotopic (exact) mass is 152 g/mol. The van der Waals surface area contributed by atoms with Crippen molar-refractivity contribution in [2.45, 2.75) is 18.8 Å². The maximum atomic E-state index is 11.5. The van der Waals surface area contributed by atoms with Crippen molar-refractivity contribution in [2.24, 2.45) is 20.7 Å². The zero-order chi connectivity index (χ0) is 7.61. The van der Waals surface area contributed by atoms with Crippen molar-refractivity contribution in [1.29, 1.82) is 0 Å². The molecule has 0 atom stereocenters. The van der Waals surface area contributed by atoms with Crippen LogP contribution in [0.2, 0.25) is 0 Å². The summed E-state index contributed by atoms with van der Waals surface area (Å²) in [6.45, 7) is 0. The molecule has 0 saturated carbocycles. The van der Waals surface area contributed by atoms with Gasteiger partial charge in [-0.1, -0.05) is 0 Å². The molecule has 0 radical (unpaired) electrons. The van der Waals surface area contributed by atoms with E-state index in [1.807, 2.05) is 0 Å². The van der Waals surface area contributed by atoms with Crippen molar-refractivity contribution in [3.8, 4) is 0 Å². The van der Waals surface area contributed by atoms with Crippen LogP contribution in [0.25, 0.3) is 0 Å². The molecule has 0 aromatic rings. The summed E-state index contributed by atoms with van der Waals surface area (Å²) in [6.07, 6.45) is -6.48. The lowest BCUT2D eigenvalue weighted by molar-refractivity contribution is -0.137. The van der Waals surface area contributed by atoms with Gasteiger partial charge in [0, 0.05) is 0 Å². The smallest absolute Gasteiger partial charge is 0.171 e. The Balaban J connectivity index is 2.40. The maximum Gasteiger partial charge on any atom is 0.393 e. The van der Waals surface area contributed by atoms with Crippen molar-refractivity contribution >= 4 is 0 Å². The van der Waals surface area contributed by atoms with E-state index < -0.39 is 18.8 Å². The van der Waals surface area contributed by atoms with E-state index in [4.69, 9.17) is 0 Å². The van der Waals surface area contributed by atoms with E-state index in [9.17, 15) is 13.2 Å². The van der Waals surface area contributed by atoms with E-state index in [0.29, 0.717) is 0 Å². The van der Waals surface area contributed by atoms with E-state index in [0.717, 1.165) is 0 Å². The molecular formula is C3H3F3N4. The average Bonchev–Trinajstić information content (AvgIpc) is 2.12. The molecule has 0 bridgehead atoms. The highest BCUT2D eigenvalue weighted by Crippen LogP contribution is 2.25. The van der Waals surface area contributed by atoms with Gasteiger partial charge in [-0.2, -0.15) is 13.2 Å². The quantitative estimate of drug-likeness (QED) is 0.552. The Kier molecular flexibility index (Phi) is 1.64. The lowest BCUT2D eigenvalue weighted by Gasteiger charge is -2.04. The number of hydrogen-bond donors (Lipinski definition) is 0. The minimum Gasteiger partial charge on any atom is -0.171 e. The molecule has 0 saturated heterocycles. The highest BCUT2D eigenvalue weighted by atomic mass is 19.4. The first-order valence-electron chi connectivity index (χ1n) is 2.45. The molecule has 1 aliphatic heterocycles. The van der Waals surface area contributed by atoms with Crippen LogP contribution < -0.4 is 0 Å². The van der Waals surface area contributed by atoms with Gasteiger partial charge in [-0.3, -0.25) is 0 Å². The van der Waals surface area contributed by atoms with E-state index in [1.165, 1.54) is 0 Å². The molecule has 0 unspecified atom stereocenters. The molecule has 7 heteroatoms. The van der Waals surface area contributed by atoms with E-state index >= 15 is 0 Å². The van der Waals surface area contributed by atoms with Crippen LogP contribution in [0, 0.1) is 0 Å². The number of rotatable bonds is 1. The van der Waals surface area contributed by atoms with Crippen LogP contribution in [0.15, 0.2) is 20.7 Å². The van der Waals surface area contributed by atoms with Gasteiger partial charge in [0.05, 0.1) is 6.42 Å². The number of alkyl halides is 3. The Morgan fingerprint density at radius 1 is 1.10 bits per heavy atom. The SMILES string of the molecule is FC(F)(F)CC1N=NN=N1. The second-order valence-corrected chi connectivity index (χ2v) is 1.71. The Bertz CT molecular complexity index is 159. The van der Waals surface area contributed by atoms with Gasteiger partial charge >= 0.3 is 6.18 Å². The molecule has 56 valence electrons. The normalized spacial score (nSPS) is 18.7. The maximum absolute atomic E-state index is 11.5. The topological polar surface area (TPSA) is 49.4 Å². The third-order valence-electron chi connectivity index (χ3n) is 0.824. The molecule has 0 aromatic heterocycles. The van der Waals surface area contributed by atoms with Crippen molar-refractivity contribution in [3.63, 3.8) is 0 Å². The molecule has 0 N–H and O–H groups in total. The summed E-state index contributed by atoms with van der Waals surface area (Å²) in [5, 5.41) is 12.0. The summed E-state index contributed by atoms with van der Waals surface area (Å²) < 4.78 is 34.5. The summed E-state index contributed by atoms with van der Waals surface area (Å²) in [4.78, 5) is 0. The standard InChI is InChI=1S/C3H3F3N4/c4-3(5,6)1-2-7-9-10-8-2/h2H,1H2. The molecule has 0 fully saturated rings. The van der Waals surface area contributed by atoms with E-state index in [2.05, 4.69) is 20.7 Å². The average molecular weight is 152 g/mol. The molecule has 0 aliphatic carbocycles. The zero-order valence-corrected chi connectivity index (χ0v) is 4.71. The van der Waals surface area contributed by atoms with E-state index in [-0.39, 0.29) is 0 Å². The molecular weight excluding hydrogens is 149 g/mol. The van der Waals surface area contributed by atoms with Crippen LogP contribution >= 0.6 is 0 Å². The first-order chi connectivity index (χ1) is 4.58. The molecule has 0 amide bonds. The fraction of sp³-hybridized carbons (Fsp3) is 1.00. The minimum atomic E-state index is -4.24. The highest BCUT2D eigenvalue weighted by molar-refractivity contribution is 4.66. The van der Waals surface area contributed by atoms with Gasteiger partial charge in [-0.25, -0.2) is 0 Å². The predicted molar refractivity (Wildman–Crippen MR) is 24.2 cm³/mol. The molecule has 10 heavy (non-hydrogen) atoms. The molecule has 1 aliphatic rings. The van der Waals surface area contributed by atoms with Gasteiger partial charge in [-0.05, 0) is 10.4 Å². The predicted octanol–water partition coefficient (Wildman–Crippen LogP) is 2.10. The number of nitrogens with zero attached hydrogens (tertiary/aromatic N) is 4. The summed E-state index contributed by atoms with van der Waals surface area (Å²) in [5.41, 5.74) is 0. The first kappa shape index (κ1) is 7.10. The van der Waals surface area contributed by atoms with Crippen LogP contribution in [-0.4, -0.2) is 12.3 Å². The van der Waals surface area contributed by atoms with Gasteiger partial charge < -0.3 is 0 Å². The van der Waals surface area contributed by atoms with Gasteiger partial charge in [0.25, 0.3) is 0 Å². The van der Waals surface area contributed by atoms with Crippen molar-refractivity contribution in [2.75, 3.05) is 0 Å². The van der Waals surface area contributed by atoms with Crippen LogP contribution in [0.3, 0.4) is 0 Å². The molecule has 1 heterocycles. The first-order valence-corrected chi connectivity index (χ1v) is 2.45.